The molecule has 122 valence electrons. The van der Waals surface area contributed by atoms with Gasteiger partial charge in [-0.25, -0.2) is 8.78 Å². The molecule has 1 saturated heterocycles. The van der Waals surface area contributed by atoms with Gasteiger partial charge in [-0.3, -0.25) is 4.79 Å². The summed E-state index contributed by atoms with van der Waals surface area (Å²) in [6.45, 7) is 4.02. The molecule has 1 aliphatic rings. The van der Waals surface area contributed by atoms with Gasteiger partial charge in [0, 0.05) is 23.7 Å². The lowest BCUT2D eigenvalue weighted by atomic mass is 9.92. The number of amides is 1. The van der Waals surface area contributed by atoms with Gasteiger partial charge in [0.25, 0.3) is 6.43 Å². The lowest BCUT2D eigenvalue weighted by Gasteiger charge is -2.27. The first-order valence-corrected chi connectivity index (χ1v) is 7.51. The number of halogens is 2. The normalized spacial score (nSPS) is 21.7. The van der Waals surface area contributed by atoms with E-state index in [4.69, 9.17) is 4.74 Å². The first-order valence-electron chi connectivity index (χ1n) is 7.51. The van der Waals surface area contributed by atoms with Crippen molar-refractivity contribution in [2.24, 2.45) is 5.92 Å². The van der Waals surface area contributed by atoms with E-state index in [1.165, 1.54) is 0 Å². The summed E-state index contributed by atoms with van der Waals surface area (Å²) in [6.07, 6.45) is -0.919. The largest absolute Gasteiger partial charge is 0.487 e. The van der Waals surface area contributed by atoms with Gasteiger partial charge >= 0.3 is 0 Å². The Hall–Kier alpha value is -1.69. The van der Waals surface area contributed by atoms with E-state index < -0.39 is 13.0 Å². The molecule has 0 aromatic heterocycles. The molecule has 0 spiro atoms. The van der Waals surface area contributed by atoms with Gasteiger partial charge in [-0.1, -0.05) is 6.07 Å². The van der Waals surface area contributed by atoms with Crippen molar-refractivity contribution in [1.29, 1.82) is 0 Å². The summed E-state index contributed by atoms with van der Waals surface area (Å²) in [5.74, 6) is 0.316. The summed E-state index contributed by atoms with van der Waals surface area (Å²) in [5.41, 5.74) is 1.33. The molecular weight excluding hydrogens is 290 g/mol. The van der Waals surface area contributed by atoms with Crippen LogP contribution in [0.25, 0.3) is 0 Å². The van der Waals surface area contributed by atoms with Crippen LogP contribution in [0, 0.1) is 12.8 Å². The summed E-state index contributed by atoms with van der Waals surface area (Å²) in [6, 6.07) is 5.43. The summed E-state index contributed by atoms with van der Waals surface area (Å²) < 4.78 is 29.6. The fourth-order valence-corrected chi connectivity index (χ4v) is 2.60. The SMILES string of the molecule is Cc1ccc(NC(=O)[C@H]2CCN[C@@H](C)C2)cc1OCC(F)F. The highest BCUT2D eigenvalue weighted by atomic mass is 19.3. The fourth-order valence-electron chi connectivity index (χ4n) is 2.60. The van der Waals surface area contributed by atoms with Gasteiger partial charge in [-0.05, 0) is 44.9 Å². The van der Waals surface area contributed by atoms with E-state index in [-0.39, 0.29) is 11.8 Å². The second-order valence-corrected chi connectivity index (χ2v) is 5.75. The molecule has 2 atom stereocenters. The Morgan fingerprint density at radius 2 is 2.27 bits per heavy atom. The summed E-state index contributed by atoms with van der Waals surface area (Å²) in [7, 11) is 0. The maximum Gasteiger partial charge on any atom is 0.272 e. The van der Waals surface area contributed by atoms with Crippen molar-refractivity contribution < 1.29 is 18.3 Å². The van der Waals surface area contributed by atoms with Crippen molar-refractivity contribution >= 4 is 11.6 Å². The number of anilines is 1. The third kappa shape index (κ3) is 4.66. The number of ether oxygens (including phenoxy) is 1. The highest BCUT2D eigenvalue weighted by molar-refractivity contribution is 5.92. The third-order valence-corrected chi connectivity index (χ3v) is 3.81. The van der Waals surface area contributed by atoms with Crippen molar-refractivity contribution in [3.63, 3.8) is 0 Å². The van der Waals surface area contributed by atoms with E-state index >= 15 is 0 Å². The van der Waals surface area contributed by atoms with Gasteiger partial charge < -0.3 is 15.4 Å². The Kier molecular flexibility index (Phi) is 5.71. The van der Waals surface area contributed by atoms with Crippen molar-refractivity contribution in [3.8, 4) is 5.75 Å². The molecule has 0 radical (unpaired) electrons. The fraction of sp³-hybridized carbons (Fsp3) is 0.562. The first-order chi connectivity index (χ1) is 10.5. The second-order valence-electron chi connectivity index (χ2n) is 5.75. The van der Waals surface area contributed by atoms with Crippen LogP contribution in [0.15, 0.2) is 18.2 Å². The van der Waals surface area contributed by atoms with Crippen molar-refractivity contribution in [3.05, 3.63) is 23.8 Å². The molecule has 2 N–H and O–H groups in total. The Morgan fingerprint density at radius 1 is 1.50 bits per heavy atom. The highest BCUT2D eigenvalue weighted by Crippen LogP contribution is 2.25. The van der Waals surface area contributed by atoms with Crippen LogP contribution in [-0.4, -0.2) is 31.5 Å². The molecule has 1 amide bonds. The lowest BCUT2D eigenvalue weighted by molar-refractivity contribution is -0.120. The quantitative estimate of drug-likeness (QED) is 0.879. The monoisotopic (exact) mass is 312 g/mol. The van der Waals surface area contributed by atoms with Crippen LogP contribution in [0.2, 0.25) is 0 Å². The van der Waals surface area contributed by atoms with E-state index in [0.29, 0.717) is 17.5 Å². The van der Waals surface area contributed by atoms with E-state index in [9.17, 15) is 13.6 Å². The summed E-state index contributed by atoms with van der Waals surface area (Å²) in [4.78, 5) is 12.3. The molecule has 0 aliphatic carbocycles. The van der Waals surface area contributed by atoms with Crippen LogP contribution in [0.1, 0.15) is 25.3 Å². The number of nitrogens with one attached hydrogen (secondary N) is 2. The molecule has 6 heteroatoms. The number of rotatable bonds is 5. The Bertz CT molecular complexity index is 523. The average Bonchev–Trinajstić information content (AvgIpc) is 2.47. The number of aryl methyl sites for hydroxylation is 1. The molecule has 4 nitrogen and oxygen atoms in total. The van der Waals surface area contributed by atoms with Gasteiger partial charge in [-0.2, -0.15) is 0 Å². The Balaban J connectivity index is 1.99. The molecule has 1 aliphatic heterocycles. The minimum Gasteiger partial charge on any atom is -0.487 e. The van der Waals surface area contributed by atoms with Gasteiger partial charge in [0.1, 0.15) is 12.4 Å². The number of hydrogen-bond acceptors (Lipinski definition) is 3. The predicted molar refractivity (Wildman–Crippen MR) is 81.5 cm³/mol. The van der Waals surface area contributed by atoms with Crippen LogP contribution in [0.5, 0.6) is 5.75 Å². The van der Waals surface area contributed by atoms with Gasteiger partial charge in [0.05, 0.1) is 0 Å². The molecule has 2 rings (SSSR count). The number of alkyl halides is 2. The zero-order valence-corrected chi connectivity index (χ0v) is 12.9. The molecule has 1 fully saturated rings. The van der Waals surface area contributed by atoms with Crippen LogP contribution in [0.4, 0.5) is 14.5 Å². The van der Waals surface area contributed by atoms with Gasteiger partial charge in [-0.15, -0.1) is 0 Å². The van der Waals surface area contributed by atoms with E-state index in [1.807, 2.05) is 0 Å². The van der Waals surface area contributed by atoms with Crippen LogP contribution in [0.3, 0.4) is 0 Å². The molecule has 1 heterocycles. The molecule has 1 aromatic rings. The highest BCUT2D eigenvalue weighted by Gasteiger charge is 2.24. The molecule has 0 unspecified atom stereocenters. The number of hydrogen-bond donors (Lipinski definition) is 2. The molecule has 1 aromatic carbocycles. The topological polar surface area (TPSA) is 50.4 Å². The molecular formula is C16H22F2N2O2. The van der Waals surface area contributed by atoms with Crippen LogP contribution < -0.4 is 15.4 Å². The standard InChI is InChI=1S/C16H22F2N2O2/c1-10-3-4-13(8-14(10)22-9-15(17)18)20-16(21)12-5-6-19-11(2)7-12/h3-4,8,11-12,15,19H,5-7,9H2,1-2H3,(H,20,21)/t11-,12-/m0/s1. The Labute approximate surface area is 129 Å². The van der Waals surface area contributed by atoms with Crippen LogP contribution in [-0.2, 0) is 4.79 Å². The van der Waals surface area contributed by atoms with Crippen molar-refractivity contribution in [1.82, 2.24) is 5.32 Å². The zero-order valence-electron chi connectivity index (χ0n) is 12.9. The van der Waals surface area contributed by atoms with Crippen molar-refractivity contribution in [2.45, 2.75) is 39.2 Å². The average molecular weight is 312 g/mol. The number of carbonyl (C=O) groups excluding carboxylic acids is 1. The minimum absolute atomic E-state index is 0.0250. The lowest BCUT2D eigenvalue weighted by Crippen LogP contribution is -2.40. The van der Waals surface area contributed by atoms with E-state index in [2.05, 4.69) is 17.6 Å². The van der Waals surface area contributed by atoms with Crippen LogP contribution >= 0.6 is 0 Å². The maximum atomic E-state index is 12.3. The zero-order chi connectivity index (χ0) is 16.1. The molecule has 0 bridgehead atoms. The summed E-state index contributed by atoms with van der Waals surface area (Å²) >= 11 is 0. The molecule has 0 saturated carbocycles. The second kappa shape index (κ2) is 7.54. The molecule has 22 heavy (non-hydrogen) atoms. The first kappa shape index (κ1) is 16.7. The Morgan fingerprint density at radius 3 is 2.95 bits per heavy atom. The van der Waals surface area contributed by atoms with Gasteiger partial charge in [0.15, 0.2) is 0 Å². The number of piperidine rings is 1. The van der Waals surface area contributed by atoms with E-state index in [1.54, 1.807) is 25.1 Å². The number of benzene rings is 1. The third-order valence-electron chi connectivity index (χ3n) is 3.81. The minimum atomic E-state index is -2.52. The summed E-state index contributed by atoms with van der Waals surface area (Å²) in [5, 5.41) is 6.16. The van der Waals surface area contributed by atoms with Crippen molar-refractivity contribution in [2.75, 3.05) is 18.5 Å². The maximum absolute atomic E-state index is 12.3. The predicted octanol–water partition coefficient (Wildman–Crippen LogP) is 2.97. The number of carbonyl (C=O) groups is 1. The van der Waals surface area contributed by atoms with Gasteiger partial charge in [0.2, 0.25) is 5.91 Å². The smallest absolute Gasteiger partial charge is 0.272 e. The van der Waals surface area contributed by atoms with E-state index in [0.717, 1.165) is 24.9 Å².